The second-order valence-electron chi connectivity index (χ2n) is 5.56. The number of thioether (sulfide) groups is 1. The van der Waals surface area contributed by atoms with Gasteiger partial charge in [0, 0.05) is 23.7 Å². The largest absolute Gasteiger partial charge is 0.507 e. The maximum absolute atomic E-state index is 12.4. The Bertz CT molecular complexity index is 744. The molecule has 126 valence electrons. The van der Waals surface area contributed by atoms with Crippen LogP contribution in [0.25, 0.3) is 6.08 Å². The highest BCUT2D eigenvalue weighted by Gasteiger charge is 2.37. The van der Waals surface area contributed by atoms with Crippen LogP contribution < -0.4 is 0 Å². The summed E-state index contributed by atoms with van der Waals surface area (Å²) in [6.45, 7) is 1.09. The van der Waals surface area contributed by atoms with E-state index in [1.54, 1.807) is 4.90 Å². The Morgan fingerprint density at radius 1 is 1.29 bits per heavy atom. The second-order valence-corrected chi connectivity index (χ2v) is 6.99. The first-order valence-corrected chi connectivity index (χ1v) is 8.67. The van der Waals surface area contributed by atoms with Crippen molar-refractivity contribution in [1.29, 1.82) is 0 Å². The standard InChI is InChI=1S/C16H15ClN2O4S/c17-11-3-4-12(20)10(7-11)8-13-15(22)19(16(23)24-13)9-14(21)18-5-1-2-6-18/h3-4,7-8,20H,1-2,5-6,9H2. The molecule has 0 aromatic heterocycles. The molecule has 0 saturated carbocycles. The number of carbonyl (C=O) groups excluding carboxylic acids is 3. The summed E-state index contributed by atoms with van der Waals surface area (Å²) in [7, 11) is 0. The minimum atomic E-state index is -0.531. The minimum Gasteiger partial charge on any atom is -0.507 e. The molecule has 6 nitrogen and oxygen atoms in total. The molecule has 2 heterocycles. The van der Waals surface area contributed by atoms with Crippen molar-refractivity contribution in [2.75, 3.05) is 19.6 Å². The van der Waals surface area contributed by atoms with Gasteiger partial charge in [-0.05, 0) is 48.9 Å². The molecule has 3 rings (SSSR count). The molecule has 1 aromatic rings. The quantitative estimate of drug-likeness (QED) is 0.832. The normalized spacial score (nSPS) is 19.6. The monoisotopic (exact) mass is 366 g/mol. The lowest BCUT2D eigenvalue weighted by Gasteiger charge is -2.18. The van der Waals surface area contributed by atoms with Crippen molar-refractivity contribution in [2.45, 2.75) is 12.8 Å². The van der Waals surface area contributed by atoms with Crippen LogP contribution in [0.5, 0.6) is 5.75 Å². The molecule has 2 aliphatic rings. The number of hydrogen-bond donors (Lipinski definition) is 1. The van der Waals surface area contributed by atoms with Gasteiger partial charge in [-0.3, -0.25) is 19.3 Å². The van der Waals surface area contributed by atoms with Gasteiger partial charge in [0.1, 0.15) is 12.3 Å². The Hall–Kier alpha value is -1.99. The Labute approximate surface area is 148 Å². The predicted octanol–water partition coefficient (Wildman–Crippen LogP) is 2.70. The van der Waals surface area contributed by atoms with Crippen LogP contribution in [0.4, 0.5) is 4.79 Å². The molecular formula is C16H15ClN2O4S. The Morgan fingerprint density at radius 2 is 2.00 bits per heavy atom. The molecule has 0 bridgehead atoms. The van der Waals surface area contributed by atoms with E-state index in [1.165, 1.54) is 24.3 Å². The number of phenols is 1. The fraction of sp³-hybridized carbons (Fsp3) is 0.312. The van der Waals surface area contributed by atoms with Crippen LogP contribution in [0.3, 0.4) is 0 Å². The summed E-state index contributed by atoms with van der Waals surface area (Å²) >= 11 is 6.63. The lowest BCUT2D eigenvalue weighted by Crippen LogP contribution is -2.40. The lowest BCUT2D eigenvalue weighted by atomic mass is 10.2. The van der Waals surface area contributed by atoms with Gasteiger partial charge in [-0.25, -0.2) is 0 Å². The van der Waals surface area contributed by atoms with E-state index in [-0.39, 0.29) is 23.1 Å². The number of nitrogens with zero attached hydrogens (tertiary/aromatic N) is 2. The molecule has 24 heavy (non-hydrogen) atoms. The number of benzene rings is 1. The summed E-state index contributed by atoms with van der Waals surface area (Å²) in [6.07, 6.45) is 3.30. The predicted molar refractivity (Wildman–Crippen MR) is 91.6 cm³/mol. The number of likely N-dealkylation sites (tertiary alicyclic amines) is 1. The second kappa shape index (κ2) is 6.86. The third-order valence-corrected chi connectivity index (χ3v) is 5.04. The molecule has 0 spiro atoms. The van der Waals surface area contributed by atoms with Crippen molar-refractivity contribution < 1.29 is 19.5 Å². The highest BCUT2D eigenvalue weighted by molar-refractivity contribution is 8.18. The first-order valence-electron chi connectivity index (χ1n) is 7.47. The van der Waals surface area contributed by atoms with Gasteiger partial charge in [-0.15, -0.1) is 0 Å². The van der Waals surface area contributed by atoms with Gasteiger partial charge in [0.05, 0.1) is 4.91 Å². The number of amides is 3. The molecule has 8 heteroatoms. The van der Waals surface area contributed by atoms with Gasteiger partial charge in [0.15, 0.2) is 0 Å². The summed E-state index contributed by atoms with van der Waals surface area (Å²) in [5.74, 6) is -0.794. The van der Waals surface area contributed by atoms with Gasteiger partial charge in [0.25, 0.3) is 11.1 Å². The van der Waals surface area contributed by atoms with Crippen molar-refractivity contribution in [3.05, 3.63) is 33.7 Å². The summed E-state index contributed by atoms with van der Waals surface area (Å²) in [5.41, 5.74) is 0.346. The Morgan fingerprint density at radius 3 is 2.71 bits per heavy atom. The fourth-order valence-electron chi connectivity index (χ4n) is 2.62. The van der Waals surface area contributed by atoms with E-state index in [4.69, 9.17) is 11.6 Å². The first kappa shape index (κ1) is 16.9. The zero-order valence-electron chi connectivity index (χ0n) is 12.7. The summed E-state index contributed by atoms with van der Waals surface area (Å²) in [6, 6.07) is 4.43. The zero-order valence-corrected chi connectivity index (χ0v) is 14.3. The van der Waals surface area contributed by atoms with E-state index >= 15 is 0 Å². The number of halogens is 1. The average molecular weight is 367 g/mol. The lowest BCUT2D eigenvalue weighted by molar-refractivity contribution is -0.135. The number of phenolic OH excluding ortho intramolecular Hbond substituents is 1. The third-order valence-electron chi connectivity index (χ3n) is 3.90. The SMILES string of the molecule is O=C(CN1C(=O)SC(=Cc2cc(Cl)ccc2O)C1=O)N1CCCC1. The van der Waals surface area contributed by atoms with Gasteiger partial charge in [0.2, 0.25) is 5.91 Å². The Balaban J connectivity index is 1.77. The van der Waals surface area contributed by atoms with Crippen LogP contribution in [0.2, 0.25) is 5.02 Å². The van der Waals surface area contributed by atoms with Crippen molar-refractivity contribution in [3.63, 3.8) is 0 Å². The number of imide groups is 1. The van der Waals surface area contributed by atoms with E-state index in [2.05, 4.69) is 0 Å². The molecule has 1 aromatic carbocycles. The molecule has 1 N–H and O–H groups in total. The van der Waals surface area contributed by atoms with Gasteiger partial charge < -0.3 is 10.0 Å². The van der Waals surface area contributed by atoms with Crippen molar-refractivity contribution in [3.8, 4) is 5.75 Å². The van der Waals surface area contributed by atoms with Gasteiger partial charge in [-0.1, -0.05) is 11.6 Å². The smallest absolute Gasteiger partial charge is 0.294 e. The molecule has 3 amide bonds. The maximum Gasteiger partial charge on any atom is 0.294 e. The molecule has 2 aliphatic heterocycles. The number of aromatic hydroxyl groups is 1. The molecule has 2 saturated heterocycles. The van der Waals surface area contributed by atoms with E-state index in [0.717, 1.165) is 29.5 Å². The Kier molecular flexibility index (Phi) is 4.82. The molecular weight excluding hydrogens is 352 g/mol. The van der Waals surface area contributed by atoms with Gasteiger partial charge >= 0.3 is 0 Å². The van der Waals surface area contributed by atoms with Crippen molar-refractivity contribution >= 4 is 46.5 Å². The molecule has 2 fully saturated rings. The van der Waals surface area contributed by atoms with Crippen LogP contribution >= 0.6 is 23.4 Å². The summed E-state index contributed by atoms with van der Waals surface area (Å²) < 4.78 is 0. The molecule has 0 atom stereocenters. The summed E-state index contributed by atoms with van der Waals surface area (Å²) in [5, 5.41) is 9.74. The van der Waals surface area contributed by atoms with Crippen LogP contribution in [-0.2, 0) is 9.59 Å². The van der Waals surface area contributed by atoms with E-state index < -0.39 is 11.1 Å². The number of rotatable bonds is 3. The van der Waals surface area contributed by atoms with Crippen molar-refractivity contribution in [1.82, 2.24) is 9.80 Å². The van der Waals surface area contributed by atoms with E-state index in [0.29, 0.717) is 23.7 Å². The topological polar surface area (TPSA) is 77.9 Å². The average Bonchev–Trinajstić information content (AvgIpc) is 3.16. The highest BCUT2D eigenvalue weighted by Crippen LogP contribution is 2.34. The minimum absolute atomic E-state index is 0.0423. The molecule has 0 radical (unpaired) electrons. The zero-order chi connectivity index (χ0) is 17.3. The van der Waals surface area contributed by atoms with Crippen LogP contribution in [0.1, 0.15) is 18.4 Å². The number of hydrogen-bond acceptors (Lipinski definition) is 5. The molecule has 0 aliphatic carbocycles. The number of carbonyl (C=O) groups is 3. The third kappa shape index (κ3) is 3.42. The van der Waals surface area contributed by atoms with Crippen molar-refractivity contribution in [2.24, 2.45) is 0 Å². The fourth-order valence-corrected chi connectivity index (χ4v) is 3.63. The summed E-state index contributed by atoms with van der Waals surface area (Å²) in [4.78, 5) is 39.4. The highest BCUT2D eigenvalue weighted by atomic mass is 35.5. The van der Waals surface area contributed by atoms with Gasteiger partial charge in [-0.2, -0.15) is 0 Å². The van der Waals surface area contributed by atoms with Crippen LogP contribution in [0.15, 0.2) is 23.1 Å². The van der Waals surface area contributed by atoms with E-state index in [9.17, 15) is 19.5 Å². The van der Waals surface area contributed by atoms with Crippen LogP contribution in [-0.4, -0.2) is 51.6 Å². The first-order chi connectivity index (χ1) is 11.5. The maximum atomic E-state index is 12.4. The van der Waals surface area contributed by atoms with E-state index in [1.807, 2.05) is 0 Å². The molecule has 0 unspecified atom stereocenters. The van der Waals surface area contributed by atoms with Crippen LogP contribution in [0, 0.1) is 0 Å².